The van der Waals surface area contributed by atoms with E-state index in [2.05, 4.69) is 25.6 Å². The monoisotopic (exact) mass is 271 g/mol. The standard InChI is InChI=1S/C12H9N5OS/c18-11(16-9-5-1-2-6-13-9)17-12-15-8-4-3-7-14-10(8)19-12/h1-7H,(H2,13,15,16,17,18). The van der Waals surface area contributed by atoms with Crippen molar-refractivity contribution in [1.82, 2.24) is 15.0 Å². The number of carbonyl (C=O) groups excluding carboxylic acids is 1. The minimum absolute atomic E-state index is 0.377. The van der Waals surface area contributed by atoms with Crippen molar-refractivity contribution in [1.29, 1.82) is 0 Å². The van der Waals surface area contributed by atoms with Crippen LogP contribution in [0.4, 0.5) is 15.7 Å². The quantitative estimate of drug-likeness (QED) is 0.751. The Labute approximate surface area is 112 Å². The van der Waals surface area contributed by atoms with Gasteiger partial charge in [0.25, 0.3) is 0 Å². The first-order valence-electron chi connectivity index (χ1n) is 5.52. The van der Waals surface area contributed by atoms with E-state index in [4.69, 9.17) is 0 Å². The zero-order chi connectivity index (χ0) is 13.1. The van der Waals surface area contributed by atoms with E-state index < -0.39 is 0 Å². The highest BCUT2D eigenvalue weighted by molar-refractivity contribution is 7.21. The summed E-state index contributed by atoms with van der Waals surface area (Å²) in [7, 11) is 0. The SMILES string of the molecule is O=C(Nc1ccccn1)Nc1nc2cccnc2s1. The number of hydrogen-bond acceptors (Lipinski definition) is 5. The number of aromatic nitrogens is 3. The van der Waals surface area contributed by atoms with Gasteiger partial charge in [-0.2, -0.15) is 0 Å². The Balaban J connectivity index is 1.72. The fraction of sp³-hybridized carbons (Fsp3) is 0. The zero-order valence-corrected chi connectivity index (χ0v) is 10.5. The molecular formula is C12H9N5OS. The lowest BCUT2D eigenvalue weighted by atomic mass is 10.5. The minimum atomic E-state index is -0.377. The number of nitrogens with one attached hydrogen (secondary N) is 2. The van der Waals surface area contributed by atoms with Crippen LogP contribution < -0.4 is 10.6 Å². The average Bonchev–Trinajstić information content (AvgIpc) is 2.81. The van der Waals surface area contributed by atoms with Crippen LogP contribution in [-0.4, -0.2) is 21.0 Å². The van der Waals surface area contributed by atoms with Crippen LogP contribution in [0.1, 0.15) is 0 Å². The van der Waals surface area contributed by atoms with Crippen molar-refractivity contribution in [2.45, 2.75) is 0 Å². The summed E-state index contributed by atoms with van der Waals surface area (Å²) in [5.41, 5.74) is 0.764. The molecule has 0 spiro atoms. The predicted molar refractivity (Wildman–Crippen MR) is 74.3 cm³/mol. The maximum atomic E-state index is 11.7. The van der Waals surface area contributed by atoms with Gasteiger partial charge >= 0.3 is 6.03 Å². The molecule has 0 saturated heterocycles. The van der Waals surface area contributed by atoms with E-state index in [0.29, 0.717) is 10.9 Å². The molecule has 3 aromatic rings. The number of hydrogen-bond donors (Lipinski definition) is 2. The van der Waals surface area contributed by atoms with Crippen LogP contribution in [-0.2, 0) is 0 Å². The number of urea groups is 1. The molecule has 3 aromatic heterocycles. The number of anilines is 2. The van der Waals surface area contributed by atoms with Crippen LogP contribution in [0, 0.1) is 0 Å². The number of rotatable bonds is 2. The Morgan fingerprint density at radius 2 is 1.95 bits per heavy atom. The Bertz CT molecular complexity index is 679. The summed E-state index contributed by atoms with van der Waals surface area (Å²) in [6, 6.07) is 8.56. The lowest BCUT2D eigenvalue weighted by molar-refractivity contribution is 0.262. The van der Waals surface area contributed by atoms with Gasteiger partial charge in [0.05, 0.1) is 0 Å². The number of pyridine rings is 2. The van der Waals surface area contributed by atoms with E-state index in [1.54, 1.807) is 36.7 Å². The second-order valence-electron chi connectivity index (χ2n) is 3.64. The molecule has 2 N–H and O–H groups in total. The molecule has 3 heterocycles. The van der Waals surface area contributed by atoms with E-state index in [0.717, 1.165) is 10.3 Å². The molecule has 0 aliphatic carbocycles. The van der Waals surface area contributed by atoms with E-state index in [1.807, 2.05) is 6.07 Å². The smallest absolute Gasteiger partial charge is 0.292 e. The molecule has 0 aliphatic rings. The van der Waals surface area contributed by atoms with Crippen LogP contribution >= 0.6 is 11.3 Å². The third kappa shape index (κ3) is 2.66. The summed E-state index contributed by atoms with van der Waals surface area (Å²) in [5.74, 6) is 0.485. The molecule has 0 unspecified atom stereocenters. The molecule has 94 valence electrons. The van der Waals surface area contributed by atoms with Gasteiger partial charge in [-0.15, -0.1) is 0 Å². The molecule has 19 heavy (non-hydrogen) atoms. The highest BCUT2D eigenvalue weighted by Crippen LogP contribution is 2.23. The van der Waals surface area contributed by atoms with Crippen LogP contribution in [0.2, 0.25) is 0 Å². The predicted octanol–water partition coefficient (Wildman–Crippen LogP) is 2.73. The fourth-order valence-corrected chi connectivity index (χ4v) is 2.31. The summed E-state index contributed by atoms with van der Waals surface area (Å²) in [4.78, 5) is 25.0. The van der Waals surface area contributed by atoms with Gasteiger partial charge in [0.2, 0.25) is 0 Å². The van der Waals surface area contributed by atoms with Gasteiger partial charge in [-0.3, -0.25) is 10.6 Å². The molecule has 0 radical (unpaired) electrons. The largest absolute Gasteiger partial charge is 0.326 e. The molecule has 0 fully saturated rings. The maximum absolute atomic E-state index is 11.7. The Hall–Kier alpha value is -2.54. The minimum Gasteiger partial charge on any atom is -0.292 e. The third-order valence-corrected chi connectivity index (χ3v) is 3.19. The highest BCUT2D eigenvalue weighted by Gasteiger charge is 2.08. The Kier molecular flexibility index (Phi) is 3.03. The Morgan fingerprint density at radius 1 is 1.05 bits per heavy atom. The van der Waals surface area contributed by atoms with Gasteiger partial charge in [-0.05, 0) is 24.3 Å². The van der Waals surface area contributed by atoms with Gasteiger partial charge in [-0.1, -0.05) is 17.4 Å². The molecule has 7 heteroatoms. The zero-order valence-electron chi connectivity index (χ0n) is 9.70. The van der Waals surface area contributed by atoms with Crippen molar-refractivity contribution < 1.29 is 4.79 Å². The summed E-state index contributed by atoms with van der Waals surface area (Å²) < 4.78 is 0. The van der Waals surface area contributed by atoms with Gasteiger partial charge in [-0.25, -0.2) is 19.7 Å². The number of carbonyl (C=O) groups is 1. The van der Waals surface area contributed by atoms with Gasteiger partial charge in [0, 0.05) is 12.4 Å². The van der Waals surface area contributed by atoms with Crippen molar-refractivity contribution >= 4 is 38.7 Å². The molecular weight excluding hydrogens is 262 g/mol. The van der Waals surface area contributed by atoms with Gasteiger partial charge < -0.3 is 0 Å². The maximum Gasteiger partial charge on any atom is 0.326 e. The topological polar surface area (TPSA) is 79.8 Å². The van der Waals surface area contributed by atoms with Crippen molar-refractivity contribution in [3.05, 3.63) is 42.7 Å². The normalized spacial score (nSPS) is 10.3. The number of amides is 2. The van der Waals surface area contributed by atoms with Crippen LogP contribution in [0.5, 0.6) is 0 Å². The molecule has 0 bridgehead atoms. The van der Waals surface area contributed by atoms with E-state index in [-0.39, 0.29) is 6.03 Å². The second kappa shape index (κ2) is 4.99. The lowest BCUT2D eigenvalue weighted by Gasteiger charge is -2.03. The highest BCUT2D eigenvalue weighted by atomic mass is 32.1. The second-order valence-corrected chi connectivity index (χ2v) is 4.62. The Morgan fingerprint density at radius 3 is 2.74 bits per heavy atom. The molecule has 0 saturated carbocycles. The van der Waals surface area contributed by atoms with Crippen molar-refractivity contribution in [2.24, 2.45) is 0 Å². The molecule has 0 aromatic carbocycles. The summed E-state index contributed by atoms with van der Waals surface area (Å²) in [5, 5.41) is 5.78. The summed E-state index contributed by atoms with van der Waals surface area (Å²) in [6.07, 6.45) is 3.30. The van der Waals surface area contributed by atoms with Gasteiger partial charge in [0.15, 0.2) is 5.13 Å². The van der Waals surface area contributed by atoms with Gasteiger partial charge in [0.1, 0.15) is 16.2 Å². The fourth-order valence-electron chi connectivity index (χ4n) is 1.50. The molecule has 6 nitrogen and oxygen atoms in total. The summed E-state index contributed by atoms with van der Waals surface area (Å²) in [6.45, 7) is 0. The number of thiazole rings is 1. The molecule has 3 rings (SSSR count). The van der Waals surface area contributed by atoms with E-state index >= 15 is 0 Å². The van der Waals surface area contributed by atoms with Crippen LogP contribution in [0.3, 0.4) is 0 Å². The average molecular weight is 271 g/mol. The number of fused-ring (bicyclic) bond motifs is 1. The number of nitrogens with zero attached hydrogens (tertiary/aromatic N) is 3. The van der Waals surface area contributed by atoms with Crippen LogP contribution in [0.25, 0.3) is 10.3 Å². The molecule has 0 aliphatic heterocycles. The lowest BCUT2D eigenvalue weighted by Crippen LogP contribution is -2.19. The molecule has 0 atom stereocenters. The first-order valence-corrected chi connectivity index (χ1v) is 6.33. The molecule has 2 amide bonds. The van der Waals surface area contributed by atoms with Crippen molar-refractivity contribution in [3.63, 3.8) is 0 Å². The van der Waals surface area contributed by atoms with Crippen LogP contribution in [0.15, 0.2) is 42.7 Å². The van der Waals surface area contributed by atoms with E-state index in [1.165, 1.54) is 11.3 Å². The van der Waals surface area contributed by atoms with Crippen molar-refractivity contribution in [2.75, 3.05) is 10.6 Å². The van der Waals surface area contributed by atoms with E-state index in [9.17, 15) is 4.79 Å². The third-order valence-electron chi connectivity index (χ3n) is 2.29. The first kappa shape index (κ1) is 11.5. The van der Waals surface area contributed by atoms with Crippen molar-refractivity contribution in [3.8, 4) is 0 Å². The summed E-state index contributed by atoms with van der Waals surface area (Å²) >= 11 is 1.32. The first-order chi connectivity index (χ1) is 9.31.